The Kier molecular flexibility index (Phi) is 4.37. The first-order chi connectivity index (χ1) is 9.86. The minimum Gasteiger partial charge on any atom is -0.381 e. The zero-order chi connectivity index (χ0) is 15.6. The summed E-state index contributed by atoms with van der Waals surface area (Å²) in [5.41, 5.74) is -0.0177. The Bertz CT molecular complexity index is 583. The normalized spacial score (nSPS) is 16.5. The fourth-order valence-corrected chi connectivity index (χ4v) is 3.05. The zero-order valence-corrected chi connectivity index (χ0v) is 12.8. The molecule has 0 bridgehead atoms. The zero-order valence-electron chi connectivity index (χ0n) is 12.0. The van der Waals surface area contributed by atoms with Gasteiger partial charge in [0.2, 0.25) is 0 Å². The number of amides is 1. The highest BCUT2D eigenvalue weighted by atomic mass is 35.5. The van der Waals surface area contributed by atoms with Crippen LogP contribution >= 0.6 is 11.6 Å². The summed E-state index contributed by atoms with van der Waals surface area (Å²) in [7, 11) is 1.55. The molecule has 0 aromatic heterocycles. The maximum absolute atomic E-state index is 12.3. The van der Waals surface area contributed by atoms with Crippen molar-refractivity contribution < 1.29 is 9.72 Å². The highest BCUT2D eigenvalue weighted by Gasteiger charge is 2.31. The van der Waals surface area contributed by atoms with E-state index in [0.29, 0.717) is 0 Å². The van der Waals surface area contributed by atoms with Gasteiger partial charge in [-0.15, -0.1) is 0 Å². The Morgan fingerprint density at radius 2 is 2.00 bits per heavy atom. The minimum atomic E-state index is -0.550. The molecule has 0 heterocycles. The molecule has 1 saturated carbocycles. The van der Waals surface area contributed by atoms with E-state index < -0.39 is 4.92 Å². The first-order valence-electron chi connectivity index (χ1n) is 6.84. The Morgan fingerprint density at radius 1 is 1.38 bits per heavy atom. The number of halogens is 1. The van der Waals surface area contributed by atoms with E-state index in [-0.39, 0.29) is 33.4 Å². The molecule has 0 atom stereocenters. The van der Waals surface area contributed by atoms with Crippen LogP contribution in [-0.4, -0.2) is 23.4 Å². The Balaban J connectivity index is 2.31. The summed E-state index contributed by atoms with van der Waals surface area (Å²) in [5, 5.41) is 16.9. The van der Waals surface area contributed by atoms with Gasteiger partial charge < -0.3 is 10.6 Å². The number of hydrogen-bond acceptors (Lipinski definition) is 4. The number of nitro groups is 1. The second-order valence-corrected chi connectivity index (χ2v) is 5.99. The van der Waals surface area contributed by atoms with Crippen molar-refractivity contribution >= 4 is 28.9 Å². The van der Waals surface area contributed by atoms with Gasteiger partial charge in [0.05, 0.1) is 9.95 Å². The van der Waals surface area contributed by atoms with Crippen molar-refractivity contribution in [2.75, 3.05) is 12.4 Å². The van der Waals surface area contributed by atoms with E-state index in [1.165, 1.54) is 12.1 Å². The summed E-state index contributed by atoms with van der Waals surface area (Å²) in [4.78, 5) is 22.9. The third-order valence-corrected chi connectivity index (χ3v) is 4.20. The van der Waals surface area contributed by atoms with Crippen LogP contribution in [0.25, 0.3) is 0 Å². The number of benzene rings is 1. The molecule has 2 N–H and O–H groups in total. The second kappa shape index (κ2) is 5.89. The van der Waals surface area contributed by atoms with Gasteiger partial charge in [-0.1, -0.05) is 24.4 Å². The average molecular weight is 312 g/mol. The van der Waals surface area contributed by atoms with E-state index in [1.807, 2.05) is 6.92 Å². The highest BCUT2D eigenvalue weighted by Crippen LogP contribution is 2.34. The van der Waals surface area contributed by atoms with E-state index >= 15 is 0 Å². The maximum atomic E-state index is 12.3. The molecule has 0 radical (unpaired) electrons. The van der Waals surface area contributed by atoms with Crippen LogP contribution in [0.3, 0.4) is 0 Å². The molecule has 1 aliphatic rings. The number of carbonyl (C=O) groups excluding carboxylic acids is 1. The van der Waals surface area contributed by atoms with Crippen LogP contribution in [-0.2, 0) is 0 Å². The van der Waals surface area contributed by atoms with Crippen LogP contribution in [0.15, 0.2) is 12.1 Å². The maximum Gasteiger partial charge on any atom is 0.294 e. The lowest BCUT2D eigenvalue weighted by molar-refractivity contribution is -0.383. The number of rotatable bonds is 4. The minimum absolute atomic E-state index is 0.161. The molecule has 114 valence electrons. The number of nitrogens with one attached hydrogen (secondary N) is 2. The van der Waals surface area contributed by atoms with Crippen LogP contribution in [0.2, 0.25) is 5.02 Å². The van der Waals surface area contributed by atoms with Gasteiger partial charge in [-0.25, -0.2) is 0 Å². The molecule has 1 aromatic carbocycles. The van der Waals surface area contributed by atoms with Gasteiger partial charge in [-0.2, -0.15) is 0 Å². The SMILES string of the molecule is CNc1c(Cl)cc(C(=O)NC2(C)CCCC2)cc1[N+](=O)[O-]. The van der Waals surface area contributed by atoms with E-state index in [4.69, 9.17) is 11.6 Å². The standard InChI is InChI=1S/C14H18ClN3O3/c1-14(5-3-4-6-14)17-13(19)9-7-10(15)12(16-2)11(8-9)18(20)21/h7-8,16H,3-6H2,1-2H3,(H,17,19). The molecule has 1 aliphatic carbocycles. The van der Waals surface area contributed by atoms with Gasteiger partial charge in [0.15, 0.2) is 0 Å². The Labute approximate surface area is 128 Å². The van der Waals surface area contributed by atoms with E-state index in [9.17, 15) is 14.9 Å². The number of anilines is 1. The van der Waals surface area contributed by atoms with Crippen molar-refractivity contribution in [3.05, 3.63) is 32.8 Å². The molecule has 0 saturated heterocycles. The van der Waals surface area contributed by atoms with E-state index in [2.05, 4.69) is 10.6 Å². The summed E-state index contributed by atoms with van der Waals surface area (Å²) in [6.07, 6.45) is 4.00. The summed E-state index contributed by atoms with van der Waals surface area (Å²) < 4.78 is 0. The number of nitrogens with zero attached hydrogens (tertiary/aromatic N) is 1. The molecule has 1 aromatic rings. The number of carbonyl (C=O) groups is 1. The van der Waals surface area contributed by atoms with Gasteiger partial charge in [0.1, 0.15) is 5.69 Å². The summed E-state index contributed by atoms with van der Waals surface area (Å²) in [6.45, 7) is 2.00. The smallest absolute Gasteiger partial charge is 0.294 e. The quantitative estimate of drug-likeness (QED) is 0.659. The second-order valence-electron chi connectivity index (χ2n) is 5.58. The van der Waals surface area contributed by atoms with Gasteiger partial charge in [-0.05, 0) is 25.8 Å². The summed E-state index contributed by atoms with van der Waals surface area (Å²) >= 11 is 6.03. The Morgan fingerprint density at radius 3 is 2.52 bits per heavy atom. The Hall–Kier alpha value is -1.82. The average Bonchev–Trinajstić information content (AvgIpc) is 2.84. The van der Waals surface area contributed by atoms with Crippen LogP contribution in [0.4, 0.5) is 11.4 Å². The predicted molar refractivity (Wildman–Crippen MR) is 82.0 cm³/mol. The van der Waals surface area contributed by atoms with Gasteiger partial charge in [0.25, 0.3) is 11.6 Å². The van der Waals surface area contributed by atoms with Crippen molar-refractivity contribution in [3.8, 4) is 0 Å². The molecular weight excluding hydrogens is 294 g/mol. The van der Waals surface area contributed by atoms with Crippen molar-refractivity contribution in [1.82, 2.24) is 5.32 Å². The third kappa shape index (κ3) is 3.26. The van der Waals surface area contributed by atoms with Crippen molar-refractivity contribution in [2.45, 2.75) is 38.1 Å². The largest absolute Gasteiger partial charge is 0.381 e. The molecule has 0 aliphatic heterocycles. The van der Waals surface area contributed by atoms with Crippen molar-refractivity contribution in [1.29, 1.82) is 0 Å². The van der Waals surface area contributed by atoms with Crippen LogP contribution < -0.4 is 10.6 Å². The fourth-order valence-electron chi connectivity index (χ4n) is 2.74. The lowest BCUT2D eigenvalue weighted by Crippen LogP contribution is -2.43. The molecule has 0 unspecified atom stereocenters. The van der Waals surface area contributed by atoms with Gasteiger partial charge in [-0.3, -0.25) is 14.9 Å². The van der Waals surface area contributed by atoms with Crippen molar-refractivity contribution in [2.24, 2.45) is 0 Å². The predicted octanol–water partition coefficient (Wildman–Crippen LogP) is 3.35. The number of hydrogen-bond donors (Lipinski definition) is 2. The fraction of sp³-hybridized carbons (Fsp3) is 0.500. The van der Waals surface area contributed by atoms with Gasteiger partial charge >= 0.3 is 0 Å². The van der Waals surface area contributed by atoms with Crippen LogP contribution in [0, 0.1) is 10.1 Å². The van der Waals surface area contributed by atoms with Gasteiger partial charge in [0, 0.05) is 24.2 Å². The summed E-state index contributed by atoms with van der Waals surface area (Å²) in [5.74, 6) is -0.327. The molecule has 21 heavy (non-hydrogen) atoms. The van der Waals surface area contributed by atoms with E-state index in [0.717, 1.165) is 25.7 Å². The molecule has 1 amide bonds. The topological polar surface area (TPSA) is 84.3 Å². The molecule has 2 rings (SSSR count). The van der Waals surface area contributed by atoms with Crippen LogP contribution in [0.1, 0.15) is 43.0 Å². The monoisotopic (exact) mass is 311 g/mol. The van der Waals surface area contributed by atoms with Crippen molar-refractivity contribution in [3.63, 3.8) is 0 Å². The van der Waals surface area contributed by atoms with Crippen LogP contribution in [0.5, 0.6) is 0 Å². The lowest BCUT2D eigenvalue weighted by Gasteiger charge is -2.25. The lowest BCUT2D eigenvalue weighted by atomic mass is 10.00. The molecule has 7 heteroatoms. The molecule has 0 spiro atoms. The highest BCUT2D eigenvalue weighted by molar-refractivity contribution is 6.34. The number of nitro benzene ring substituents is 1. The van der Waals surface area contributed by atoms with E-state index in [1.54, 1.807) is 7.05 Å². The molecule has 1 fully saturated rings. The molecular formula is C14H18ClN3O3. The first-order valence-corrected chi connectivity index (χ1v) is 7.22. The first kappa shape index (κ1) is 15.6. The summed E-state index contributed by atoms with van der Waals surface area (Å²) in [6, 6.07) is 2.71. The molecule has 6 nitrogen and oxygen atoms in total. The third-order valence-electron chi connectivity index (χ3n) is 3.90.